The number of esters is 2. The summed E-state index contributed by atoms with van der Waals surface area (Å²) in [6.07, 6.45) is 15.9. The number of methoxy groups -OCH3 is 1. The molecule has 1 aliphatic rings. The van der Waals surface area contributed by atoms with Gasteiger partial charge in [-0.25, -0.2) is 14.3 Å². The second-order valence-electron chi connectivity index (χ2n) is 14.3. The molecule has 0 fully saturated rings. The van der Waals surface area contributed by atoms with Gasteiger partial charge >= 0.3 is 18.0 Å². The van der Waals surface area contributed by atoms with Crippen LogP contribution in [0.2, 0.25) is 0 Å². The highest BCUT2D eigenvalue weighted by Crippen LogP contribution is 2.41. The Kier molecular flexibility index (Phi) is 18.0. The molecule has 1 atom stereocenters. The molecule has 3 heterocycles. The molecule has 0 saturated carbocycles. The topological polar surface area (TPSA) is 144 Å². The van der Waals surface area contributed by atoms with E-state index in [0.717, 1.165) is 65.7 Å². The molecule has 0 saturated heterocycles. The number of ether oxygens (including phenoxy) is 5. The van der Waals surface area contributed by atoms with Gasteiger partial charge in [-0.1, -0.05) is 58.3 Å². The first-order valence-electron chi connectivity index (χ1n) is 19.8. The normalized spacial score (nSPS) is 13.8. The van der Waals surface area contributed by atoms with Crippen molar-refractivity contribution in [3.05, 3.63) is 65.8 Å². The summed E-state index contributed by atoms with van der Waals surface area (Å²) in [4.78, 5) is 46.1. The molecule has 0 spiro atoms. The summed E-state index contributed by atoms with van der Waals surface area (Å²) < 4.78 is 29.0. The molecule has 3 aromatic rings. The molecule has 2 aromatic heterocycles. The number of allylic oxidation sites excluding steroid dienone is 6. The summed E-state index contributed by atoms with van der Waals surface area (Å²) in [6, 6.07) is 5.75. The first kappa shape index (κ1) is 45.9. The van der Waals surface area contributed by atoms with Gasteiger partial charge in [0.15, 0.2) is 6.10 Å². The van der Waals surface area contributed by atoms with Gasteiger partial charge in [-0.15, -0.1) is 0 Å². The number of aromatic nitrogens is 3. The molecule has 0 aliphatic carbocycles. The van der Waals surface area contributed by atoms with Crippen molar-refractivity contribution in [2.45, 2.75) is 119 Å². The number of aliphatic imine (C=N–C) groups is 1. The van der Waals surface area contributed by atoms with Crippen molar-refractivity contribution in [2.75, 3.05) is 31.8 Å². The maximum absolute atomic E-state index is 13.0. The van der Waals surface area contributed by atoms with Crippen LogP contribution in [0.4, 0.5) is 10.5 Å². The van der Waals surface area contributed by atoms with E-state index in [9.17, 15) is 14.4 Å². The van der Waals surface area contributed by atoms with E-state index in [1.54, 1.807) is 18.9 Å². The Balaban J connectivity index is 0.000000573. The number of aryl methyl sites for hydroxylation is 1. The van der Waals surface area contributed by atoms with Crippen molar-refractivity contribution in [2.24, 2.45) is 4.99 Å². The Hall–Kier alpha value is -5.46. The minimum atomic E-state index is -0.734. The molecule has 1 unspecified atom stereocenters. The van der Waals surface area contributed by atoms with Crippen molar-refractivity contribution in [1.29, 1.82) is 0 Å². The number of rotatable bonds is 15. The van der Waals surface area contributed by atoms with Crippen LogP contribution in [0.5, 0.6) is 11.5 Å². The van der Waals surface area contributed by atoms with Crippen LogP contribution < -0.4 is 14.4 Å². The van der Waals surface area contributed by atoms with E-state index in [0.29, 0.717) is 49.1 Å². The van der Waals surface area contributed by atoms with Crippen LogP contribution in [-0.4, -0.2) is 77.6 Å². The highest BCUT2D eigenvalue weighted by atomic mass is 16.6. The fourth-order valence-corrected chi connectivity index (χ4v) is 5.90. The molecule has 310 valence electrons. The van der Waals surface area contributed by atoms with E-state index < -0.39 is 29.7 Å². The molecule has 13 heteroatoms. The molecule has 1 aliphatic heterocycles. The Morgan fingerprint density at radius 1 is 1.05 bits per heavy atom. The third kappa shape index (κ3) is 13.0. The number of hydrogen-bond donors (Lipinski definition) is 0. The maximum atomic E-state index is 13.0. The standard InChI is InChI=1S/C35H45N5O4.C9H16O4/c1-9-12-14-16-25(27(15-11-3)36-17-13-10-2)28-20-29-26(23-37-28)24(4)38-40(29)31-22-33-30(21-32(31)42-8)39(18-19-43-33)34(41)44-35(5,6)7;1-4-6-8(13-7(3)10)9(11)12-5-2/h10,13-14,16-17,20-23H,9,11-12,15,18-19H2,1-8H3;8H,4-6H2,1-3H3/b13-10-,16-14+,27-25-,36-17+;. The van der Waals surface area contributed by atoms with Gasteiger partial charge in [0.25, 0.3) is 0 Å². The van der Waals surface area contributed by atoms with Crippen molar-refractivity contribution in [3.8, 4) is 17.2 Å². The lowest BCUT2D eigenvalue weighted by Crippen LogP contribution is -2.41. The van der Waals surface area contributed by atoms with Gasteiger partial charge < -0.3 is 23.7 Å². The first-order chi connectivity index (χ1) is 27.2. The molecule has 0 N–H and O–H groups in total. The van der Waals surface area contributed by atoms with E-state index in [2.05, 4.69) is 32.1 Å². The molecule has 57 heavy (non-hydrogen) atoms. The monoisotopic (exact) mass is 787 g/mol. The number of carbonyl (C=O) groups excluding carboxylic acids is 3. The summed E-state index contributed by atoms with van der Waals surface area (Å²) in [7, 11) is 1.61. The fraction of sp³-hybridized carbons (Fsp3) is 0.500. The van der Waals surface area contributed by atoms with Crippen LogP contribution in [0, 0.1) is 6.92 Å². The number of hydrogen-bond acceptors (Lipinski definition) is 11. The number of nitrogens with zero attached hydrogens (tertiary/aromatic N) is 5. The largest absolute Gasteiger partial charge is 0.494 e. The molecule has 13 nitrogen and oxygen atoms in total. The maximum Gasteiger partial charge on any atom is 0.415 e. The van der Waals surface area contributed by atoms with Crippen LogP contribution in [-0.2, 0) is 23.8 Å². The van der Waals surface area contributed by atoms with Gasteiger partial charge in [-0.05, 0) is 72.9 Å². The highest BCUT2D eigenvalue weighted by molar-refractivity contribution is 5.92. The molecule has 1 amide bonds. The van der Waals surface area contributed by atoms with Crippen LogP contribution in [0.15, 0.2) is 59.4 Å². The van der Waals surface area contributed by atoms with E-state index in [1.165, 1.54) is 6.92 Å². The molecule has 0 radical (unpaired) electrons. The lowest BCUT2D eigenvalue weighted by molar-refractivity contribution is -0.166. The van der Waals surface area contributed by atoms with Gasteiger partial charge in [-0.2, -0.15) is 5.10 Å². The van der Waals surface area contributed by atoms with E-state index >= 15 is 0 Å². The minimum Gasteiger partial charge on any atom is -0.494 e. The fourth-order valence-electron chi connectivity index (χ4n) is 5.90. The number of benzene rings is 1. The second-order valence-corrected chi connectivity index (χ2v) is 14.3. The summed E-state index contributed by atoms with van der Waals surface area (Å²) in [5.41, 5.74) is 5.16. The Labute approximate surface area is 337 Å². The molecule has 4 rings (SSSR count). The van der Waals surface area contributed by atoms with Crippen molar-refractivity contribution in [1.82, 2.24) is 14.8 Å². The summed E-state index contributed by atoms with van der Waals surface area (Å²) in [5.74, 6) is 0.193. The van der Waals surface area contributed by atoms with Gasteiger partial charge in [0, 0.05) is 48.1 Å². The number of unbranched alkanes of at least 4 members (excludes halogenated alkanes) is 1. The molecule has 0 bridgehead atoms. The average molecular weight is 788 g/mol. The zero-order valence-corrected chi connectivity index (χ0v) is 35.6. The third-order valence-electron chi connectivity index (χ3n) is 8.45. The van der Waals surface area contributed by atoms with E-state index in [4.69, 9.17) is 38.8 Å². The average Bonchev–Trinajstić information content (AvgIpc) is 3.49. The molecular formula is C44H61N5O8. The summed E-state index contributed by atoms with van der Waals surface area (Å²) in [5, 5.41) is 5.83. The smallest absolute Gasteiger partial charge is 0.415 e. The van der Waals surface area contributed by atoms with Crippen LogP contribution in [0.3, 0.4) is 0 Å². The molecule has 1 aromatic carbocycles. The number of pyridine rings is 1. The number of anilines is 1. The number of carbonyl (C=O) groups is 3. The Bertz CT molecular complexity index is 1950. The van der Waals surface area contributed by atoms with Gasteiger partial charge in [0.1, 0.15) is 29.4 Å². The van der Waals surface area contributed by atoms with Crippen LogP contribution >= 0.6 is 0 Å². The first-order valence-corrected chi connectivity index (χ1v) is 19.8. The number of fused-ring (bicyclic) bond motifs is 2. The predicted octanol–water partition coefficient (Wildman–Crippen LogP) is 9.67. The highest BCUT2D eigenvalue weighted by Gasteiger charge is 2.30. The zero-order chi connectivity index (χ0) is 42.1. The Morgan fingerprint density at radius 2 is 1.81 bits per heavy atom. The van der Waals surface area contributed by atoms with Gasteiger partial charge in [0.2, 0.25) is 0 Å². The second kappa shape index (κ2) is 22.3. The Morgan fingerprint density at radius 3 is 2.42 bits per heavy atom. The third-order valence-corrected chi connectivity index (χ3v) is 8.45. The van der Waals surface area contributed by atoms with Gasteiger partial charge in [-0.3, -0.25) is 19.7 Å². The predicted molar refractivity (Wildman–Crippen MR) is 226 cm³/mol. The minimum absolute atomic E-state index is 0.306. The van der Waals surface area contributed by atoms with Crippen LogP contribution in [0.25, 0.3) is 22.2 Å². The molecular weight excluding hydrogens is 727 g/mol. The summed E-state index contributed by atoms with van der Waals surface area (Å²) >= 11 is 0. The quantitative estimate of drug-likeness (QED) is 0.0632. The van der Waals surface area contributed by atoms with Crippen molar-refractivity contribution < 1.29 is 38.1 Å². The lowest BCUT2D eigenvalue weighted by Gasteiger charge is -2.32. The van der Waals surface area contributed by atoms with Gasteiger partial charge in [0.05, 0.1) is 42.9 Å². The summed E-state index contributed by atoms with van der Waals surface area (Å²) in [6.45, 7) is 19.8. The van der Waals surface area contributed by atoms with E-state index in [1.807, 2.05) is 82.9 Å². The van der Waals surface area contributed by atoms with Crippen molar-refractivity contribution >= 4 is 46.4 Å². The number of amides is 1. The SMILES string of the molecule is CCCC(OC(C)=O)C(=O)OCC.C\C=C/C=N/C(CCC)=C(/C=C/CCC)c1cc2c(cn1)c(C)nn2-c1cc2c(cc1OC)N(C(=O)OC(C)(C)C)CCO2. The van der Waals surface area contributed by atoms with Crippen molar-refractivity contribution in [3.63, 3.8) is 0 Å². The zero-order valence-electron chi connectivity index (χ0n) is 35.6. The lowest BCUT2D eigenvalue weighted by atomic mass is 10.0. The van der Waals surface area contributed by atoms with Crippen LogP contribution in [0.1, 0.15) is 112 Å². The van der Waals surface area contributed by atoms with E-state index in [-0.39, 0.29) is 0 Å².